The number of thioether (sulfide) groups is 1. The molecule has 2 aliphatic heterocycles. The fourth-order valence-electron chi connectivity index (χ4n) is 4.05. The zero-order chi connectivity index (χ0) is 28.4. The van der Waals surface area contributed by atoms with Crippen molar-refractivity contribution in [1.82, 2.24) is 24.3 Å². The van der Waals surface area contributed by atoms with E-state index in [4.69, 9.17) is 10.8 Å². The Kier molecular flexibility index (Phi) is 7.81. The number of amides is 3. The van der Waals surface area contributed by atoms with Crippen LogP contribution in [0.15, 0.2) is 22.6 Å². The first kappa shape index (κ1) is 27.5. The zero-order valence-electron chi connectivity index (χ0n) is 20.4. The summed E-state index contributed by atoms with van der Waals surface area (Å²) in [6, 6.07) is -1.10. The highest BCUT2D eigenvalue weighted by Crippen LogP contribution is 2.40. The van der Waals surface area contributed by atoms with Crippen molar-refractivity contribution in [2.45, 2.75) is 24.9 Å². The van der Waals surface area contributed by atoms with Gasteiger partial charge in [-0.1, -0.05) is 5.16 Å². The zero-order valence-corrected chi connectivity index (χ0v) is 22.0. The third-order valence-corrected chi connectivity index (χ3v) is 7.60. The Morgan fingerprint density at radius 2 is 2.13 bits per heavy atom. The molecule has 0 spiro atoms. The summed E-state index contributed by atoms with van der Waals surface area (Å²) in [6.45, 7) is 1.08. The molecular formula is C20H22N9O8S2+. The van der Waals surface area contributed by atoms with Crippen molar-refractivity contribution in [2.75, 3.05) is 23.4 Å². The Morgan fingerprint density at radius 3 is 2.74 bits per heavy atom. The SMILES string of the molecule is Cc1c[n+](CC2=C(C(=O)O)N3C(=O)[C@@H](NC(=O)C(=NOCC(=O)O)c4nsc(N)n4)[C@H]3SC2)n(C)c1NC=O. The van der Waals surface area contributed by atoms with Crippen LogP contribution in [0.2, 0.25) is 0 Å². The minimum atomic E-state index is -1.34. The number of aromatic nitrogens is 4. The van der Waals surface area contributed by atoms with Crippen LogP contribution in [-0.4, -0.2) is 88.8 Å². The monoisotopic (exact) mass is 580 g/mol. The number of carboxylic acid groups (broad SMARTS) is 2. The lowest BCUT2D eigenvalue weighted by Crippen LogP contribution is -2.71. The van der Waals surface area contributed by atoms with Crippen LogP contribution in [0.3, 0.4) is 0 Å². The van der Waals surface area contributed by atoms with E-state index >= 15 is 0 Å². The number of aryl methyl sites for hydroxylation is 1. The van der Waals surface area contributed by atoms with Crippen molar-refractivity contribution >= 4 is 70.1 Å². The number of nitrogens with two attached hydrogens (primary N) is 1. The number of aliphatic carboxylic acids is 2. The van der Waals surface area contributed by atoms with Crippen LogP contribution in [0.4, 0.5) is 10.9 Å². The van der Waals surface area contributed by atoms with Crippen LogP contribution in [-0.2, 0) is 42.4 Å². The average Bonchev–Trinajstić information content (AvgIpc) is 3.42. The van der Waals surface area contributed by atoms with Crippen molar-refractivity contribution in [3.63, 3.8) is 0 Å². The van der Waals surface area contributed by atoms with Gasteiger partial charge >= 0.3 is 11.9 Å². The Labute approximate surface area is 227 Å². The molecule has 1 fully saturated rings. The summed E-state index contributed by atoms with van der Waals surface area (Å²) in [5.41, 5.74) is 6.08. The molecule has 0 aliphatic carbocycles. The Bertz CT molecular complexity index is 1430. The molecule has 0 bridgehead atoms. The predicted octanol–water partition coefficient (Wildman–Crippen LogP) is -2.13. The van der Waals surface area contributed by atoms with Crippen molar-refractivity contribution in [2.24, 2.45) is 12.2 Å². The molecule has 39 heavy (non-hydrogen) atoms. The Hall–Kier alpha value is -4.52. The van der Waals surface area contributed by atoms with E-state index in [1.54, 1.807) is 29.5 Å². The molecule has 4 rings (SSSR count). The van der Waals surface area contributed by atoms with Gasteiger partial charge in [-0.15, -0.1) is 21.1 Å². The minimum absolute atomic E-state index is 0.0154. The average molecular weight is 581 g/mol. The third-order valence-electron chi connectivity index (χ3n) is 5.72. The minimum Gasteiger partial charge on any atom is -0.479 e. The first-order valence-corrected chi connectivity index (χ1v) is 12.8. The molecule has 2 aromatic heterocycles. The summed E-state index contributed by atoms with van der Waals surface area (Å²) in [4.78, 5) is 69.5. The van der Waals surface area contributed by atoms with Gasteiger partial charge in [0.2, 0.25) is 30.7 Å². The fraction of sp³-hybridized carbons (Fsp3) is 0.350. The molecule has 2 atom stereocenters. The number of nitrogens with one attached hydrogen (secondary N) is 2. The Morgan fingerprint density at radius 1 is 1.38 bits per heavy atom. The van der Waals surface area contributed by atoms with E-state index in [9.17, 15) is 29.1 Å². The molecular weight excluding hydrogens is 558 g/mol. The third kappa shape index (κ3) is 5.39. The number of oxime groups is 1. The molecule has 0 radical (unpaired) electrons. The number of hydrogen-bond donors (Lipinski definition) is 5. The maximum Gasteiger partial charge on any atom is 0.352 e. The lowest BCUT2D eigenvalue weighted by Gasteiger charge is -2.49. The second-order valence-corrected chi connectivity index (χ2v) is 10.1. The van der Waals surface area contributed by atoms with E-state index in [0.29, 0.717) is 17.8 Å². The molecule has 2 aliphatic rings. The van der Waals surface area contributed by atoms with Gasteiger partial charge in [-0.3, -0.25) is 19.3 Å². The number of rotatable bonds is 11. The molecule has 206 valence electrons. The highest BCUT2D eigenvalue weighted by Gasteiger charge is 2.55. The number of anilines is 2. The van der Waals surface area contributed by atoms with Crippen LogP contribution in [0.25, 0.3) is 0 Å². The van der Waals surface area contributed by atoms with E-state index in [1.807, 2.05) is 0 Å². The van der Waals surface area contributed by atoms with Gasteiger partial charge in [0.05, 0.1) is 12.6 Å². The highest BCUT2D eigenvalue weighted by molar-refractivity contribution is 8.00. The van der Waals surface area contributed by atoms with Gasteiger partial charge < -0.3 is 31.4 Å². The summed E-state index contributed by atoms with van der Waals surface area (Å²) in [5, 5.41) is 26.6. The van der Waals surface area contributed by atoms with Gasteiger partial charge in [-0.05, 0) is 6.92 Å². The largest absolute Gasteiger partial charge is 0.479 e. The normalized spacial score (nSPS) is 18.8. The standard InChI is InChI=1S/C20H21N9O8S2/c1-8-3-28(27(2)15(8)22-7-30)4-9-6-38-18-12(17(34)29(18)13(9)19(35)36)23-16(33)11(25-37-5-10(31)32)14-24-20(21)39-26-14/h3,7,12,18H,4-6H2,1-2H3,(H5,21,23,24,26,31,32,33,35,36)/p+1/t12-,18-/m1/s1. The van der Waals surface area contributed by atoms with Crippen molar-refractivity contribution in [3.05, 3.63) is 28.9 Å². The summed E-state index contributed by atoms with van der Waals surface area (Å²) >= 11 is 2.02. The molecule has 4 heterocycles. The summed E-state index contributed by atoms with van der Waals surface area (Å²) in [5.74, 6) is -3.70. The highest BCUT2D eigenvalue weighted by atomic mass is 32.2. The number of carbonyl (C=O) groups is 5. The Balaban J connectivity index is 1.54. The van der Waals surface area contributed by atoms with Gasteiger partial charge in [0.15, 0.2) is 17.5 Å². The first-order valence-electron chi connectivity index (χ1n) is 11.0. The van der Waals surface area contributed by atoms with Gasteiger partial charge in [-0.25, -0.2) is 9.59 Å². The smallest absolute Gasteiger partial charge is 0.352 e. The number of nitrogen functional groups attached to an aromatic ring is 1. The summed E-state index contributed by atoms with van der Waals surface area (Å²) in [7, 11) is 1.70. The van der Waals surface area contributed by atoms with Gasteiger partial charge in [0.1, 0.15) is 17.1 Å². The molecule has 0 aromatic carbocycles. The maximum absolute atomic E-state index is 13.1. The van der Waals surface area contributed by atoms with Gasteiger partial charge in [0.25, 0.3) is 11.8 Å². The lowest BCUT2D eigenvalue weighted by molar-refractivity contribution is -0.765. The van der Waals surface area contributed by atoms with Crippen molar-refractivity contribution in [1.29, 1.82) is 0 Å². The maximum atomic E-state index is 13.1. The molecule has 2 aromatic rings. The second kappa shape index (κ2) is 11.1. The first-order chi connectivity index (χ1) is 18.5. The van der Waals surface area contributed by atoms with Crippen LogP contribution >= 0.6 is 23.3 Å². The van der Waals surface area contributed by atoms with Gasteiger partial charge in [-0.2, -0.15) is 9.36 Å². The molecule has 6 N–H and O–H groups in total. The van der Waals surface area contributed by atoms with Crippen molar-refractivity contribution in [3.8, 4) is 0 Å². The van der Waals surface area contributed by atoms with E-state index in [0.717, 1.165) is 22.0 Å². The second-order valence-electron chi connectivity index (χ2n) is 8.23. The van der Waals surface area contributed by atoms with E-state index in [2.05, 4.69) is 30.0 Å². The molecule has 1 saturated heterocycles. The van der Waals surface area contributed by atoms with E-state index < -0.39 is 47.5 Å². The van der Waals surface area contributed by atoms with E-state index in [1.165, 1.54) is 11.8 Å². The predicted molar refractivity (Wildman–Crippen MR) is 134 cm³/mol. The lowest BCUT2D eigenvalue weighted by atomic mass is 10.0. The van der Waals surface area contributed by atoms with Crippen LogP contribution < -0.4 is 21.0 Å². The molecule has 19 heteroatoms. The molecule has 17 nitrogen and oxygen atoms in total. The van der Waals surface area contributed by atoms with Gasteiger partial charge in [0, 0.05) is 22.9 Å². The topological polar surface area (TPSA) is 235 Å². The number of nitrogens with zero attached hydrogens (tertiary/aromatic N) is 6. The van der Waals surface area contributed by atoms with E-state index in [-0.39, 0.29) is 29.0 Å². The van der Waals surface area contributed by atoms with Crippen LogP contribution in [0.5, 0.6) is 0 Å². The van der Waals surface area contributed by atoms with Crippen LogP contribution in [0.1, 0.15) is 11.4 Å². The number of hydrogen-bond acceptors (Lipinski definition) is 12. The number of fused-ring (bicyclic) bond motifs is 1. The molecule has 0 saturated carbocycles. The molecule has 3 amide bonds. The summed E-state index contributed by atoms with van der Waals surface area (Å²) < 4.78 is 7.23. The quantitative estimate of drug-likeness (QED) is 0.0630. The summed E-state index contributed by atoms with van der Waals surface area (Å²) in [6.07, 6.45) is 2.28. The fourth-order valence-corrected chi connectivity index (χ4v) is 5.82. The number of carbonyl (C=O) groups excluding carboxylic acids is 3. The molecule has 0 unspecified atom stereocenters. The number of β-lactam (4-membered cyclic amide) rings is 1. The number of carboxylic acids is 2. The van der Waals surface area contributed by atoms with Crippen LogP contribution in [0, 0.1) is 6.92 Å². The van der Waals surface area contributed by atoms with Crippen molar-refractivity contribution < 1.29 is 43.7 Å².